The number of nitrogens with one attached hydrogen (secondary N) is 4. The van der Waals surface area contributed by atoms with E-state index >= 15 is 0 Å². The fourth-order valence-electron chi connectivity index (χ4n) is 8.89. The summed E-state index contributed by atoms with van der Waals surface area (Å²) in [6.07, 6.45) is 9.47. The summed E-state index contributed by atoms with van der Waals surface area (Å²) in [6.45, 7) is 13.7. The number of Topliss-reactive ketones (excluding diaryl/α,β-unsaturated/α-hetero) is 1. The van der Waals surface area contributed by atoms with Crippen molar-refractivity contribution in [3.8, 4) is 0 Å². The predicted molar refractivity (Wildman–Crippen MR) is 186 cm³/mol. The largest absolute Gasteiger partial charge is 0.346 e. The minimum atomic E-state index is -3.35. The van der Waals surface area contributed by atoms with E-state index < -0.39 is 73.7 Å². The van der Waals surface area contributed by atoms with Gasteiger partial charge in [-0.05, 0) is 67.1 Å². The number of piperidine rings is 1. The van der Waals surface area contributed by atoms with E-state index in [-0.39, 0.29) is 29.5 Å². The SMILES string of the molecule is C=CCNC(=O)C(=O)C(CCC1CC1)NC(=O)[C@@H]1[C@@H]2[C@H](CN1C(=O)[C@@H](NC(=O)NC1([C@H]3CCCS3(=O)=O)CCCCC1)C(C)(C)C)C2(C)C. The summed E-state index contributed by atoms with van der Waals surface area (Å²) in [4.78, 5) is 69.8. The van der Waals surface area contributed by atoms with Crippen LogP contribution in [0.2, 0.25) is 0 Å². The minimum Gasteiger partial charge on any atom is -0.346 e. The average molecular weight is 704 g/mol. The van der Waals surface area contributed by atoms with Crippen LogP contribution in [0.3, 0.4) is 0 Å². The number of fused-ring (bicyclic) bond motifs is 1. The topological polar surface area (TPSA) is 171 Å². The van der Waals surface area contributed by atoms with E-state index in [4.69, 9.17) is 0 Å². The summed E-state index contributed by atoms with van der Waals surface area (Å²) in [5.74, 6) is -1.85. The Balaban J connectivity index is 1.34. The average Bonchev–Trinajstić information content (AvgIpc) is 3.83. The van der Waals surface area contributed by atoms with Crippen molar-refractivity contribution in [2.75, 3.05) is 18.8 Å². The van der Waals surface area contributed by atoms with Gasteiger partial charge in [0.15, 0.2) is 9.84 Å². The summed E-state index contributed by atoms with van der Waals surface area (Å²) in [6, 6.07) is -3.49. The van der Waals surface area contributed by atoms with Crippen molar-refractivity contribution in [1.82, 2.24) is 26.2 Å². The molecule has 2 heterocycles. The van der Waals surface area contributed by atoms with Gasteiger partial charge in [0.25, 0.3) is 5.91 Å². The Morgan fingerprint density at radius 1 is 0.980 bits per heavy atom. The molecule has 0 aromatic heterocycles. The molecular weight excluding hydrogens is 646 g/mol. The van der Waals surface area contributed by atoms with Gasteiger partial charge in [0, 0.05) is 13.1 Å². The number of hydrogen-bond acceptors (Lipinski definition) is 7. The van der Waals surface area contributed by atoms with Crippen molar-refractivity contribution in [1.29, 1.82) is 0 Å². The molecule has 3 aliphatic carbocycles. The van der Waals surface area contributed by atoms with Crippen LogP contribution in [0.1, 0.15) is 105 Å². The molecule has 0 aromatic carbocycles. The van der Waals surface area contributed by atoms with Gasteiger partial charge in [-0.1, -0.05) is 72.8 Å². The molecule has 5 fully saturated rings. The summed E-state index contributed by atoms with van der Waals surface area (Å²) < 4.78 is 26.1. The highest BCUT2D eigenvalue weighted by Gasteiger charge is 2.70. The zero-order valence-corrected chi connectivity index (χ0v) is 30.8. The first-order valence-corrected chi connectivity index (χ1v) is 20.0. The van der Waals surface area contributed by atoms with Crippen molar-refractivity contribution >= 4 is 39.4 Å². The molecule has 274 valence electrons. The number of hydrogen-bond donors (Lipinski definition) is 4. The lowest BCUT2D eigenvalue weighted by Gasteiger charge is -2.43. The molecule has 12 nitrogen and oxygen atoms in total. The summed E-state index contributed by atoms with van der Waals surface area (Å²) in [5.41, 5.74) is -1.83. The van der Waals surface area contributed by atoms with Gasteiger partial charge in [-0.15, -0.1) is 6.58 Å². The number of ketones is 1. The Hall–Kier alpha value is -2.96. The first kappa shape index (κ1) is 37.3. The third-order valence-corrected chi connectivity index (χ3v) is 14.4. The first-order valence-electron chi connectivity index (χ1n) is 18.3. The molecule has 49 heavy (non-hydrogen) atoms. The molecular formula is C36H57N5O7S. The highest BCUT2D eigenvalue weighted by atomic mass is 32.2. The van der Waals surface area contributed by atoms with Gasteiger partial charge >= 0.3 is 6.03 Å². The van der Waals surface area contributed by atoms with Crippen LogP contribution in [0.15, 0.2) is 12.7 Å². The second kappa shape index (κ2) is 14.0. The Bertz CT molecular complexity index is 1440. The number of carbonyl (C=O) groups is 5. The van der Waals surface area contributed by atoms with E-state index in [0.29, 0.717) is 51.0 Å². The highest BCUT2D eigenvalue weighted by molar-refractivity contribution is 7.92. The van der Waals surface area contributed by atoms with Crippen molar-refractivity contribution < 1.29 is 32.4 Å². The number of urea groups is 1. The van der Waals surface area contributed by atoms with E-state index in [0.717, 1.165) is 32.1 Å². The molecule has 4 N–H and O–H groups in total. The normalized spacial score (nSPS) is 29.1. The number of nitrogens with zero attached hydrogens (tertiary/aromatic N) is 1. The number of carbonyl (C=O) groups excluding carboxylic acids is 5. The second-order valence-corrected chi connectivity index (χ2v) is 19.2. The lowest BCUT2D eigenvalue weighted by atomic mass is 9.78. The molecule has 1 unspecified atom stereocenters. The maximum Gasteiger partial charge on any atom is 0.315 e. The van der Waals surface area contributed by atoms with Crippen molar-refractivity contribution in [2.24, 2.45) is 28.6 Å². The Kier molecular flexibility index (Phi) is 10.6. The second-order valence-electron chi connectivity index (χ2n) is 16.9. The Morgan fingerprint density at radius 2 is 1.65 bits per heavy atom. The molecule has 5 aliphatic rings. The standard InChI is InChI=1S/C36H57N5O7S/c1-7-19-37-31(44)28(42)24(16-15-22-13-14-22)38-30(43)27-26-23(35(26,5)6)21-41(27)32(45)29(34(2,3)4)39-33(46)40-36(17-9-8-10-18-36)25-12-11-20-49(25,47)48/h7,22-27,29H,1,8-21H2,2-6H3,(H,37,44)(H,38,43)(H2,39,40,46)/t23-,24?,25+,26-,27-,29+/m0/s1. The highest BCUT2D eigenvalue weighted by Crippen LogP contribution is 2.65. The van der Waals surface area contributed by atoms with Gasteiger partial charge in [-0.3, -0.25) is 19.2 Å². The molecule has 0 bridgehead atoms. The van der Waals surface area contributed by atoms with E-state index in [1.807, 2.05) is 20.8 Å². The summed E-state index contributed by atoms with van der Waals surface area (Å²) in [7, 11) is -3.35. The van der Waals surface area contributed by atoms with Crippen LogP contribution in [-0.4, -0.2) is 90.6 Å². The molecule has 0 spiro atoms. The van der Waals surface area contributed by atoms with Crippen LogP contribution >= 0.6 is 0 Å². The number of likely N-dealkylation sites (tertiary alicyclic amines) is 1. The van der Waals surface area contributed by atoms with Crippen LogP contribution in [0, 0.1) is 28.6 Å². The zero-order chi connectivity index (χ0) is 35.9. The number of sulfone groups is 1. The number of rotatable bonds is 13. The van der Waals surface area contributed by atoms with Crippen LogP contribution < -0.4 is 21.3 Å². The van der Waals surface area contributed by atoms with E-state index in [2.05, 4.69) is 41.7 Å². The van der Waals surface area contributed by atoms with Gasteiger partial charge in [0.1, 0.15) is 12.1 Å². The first-order chi connectivity index (χ1) is 22.9. The van der Waals surface area contributed by atoms with Crippen LogP contribution in [0.25, 0.3) is 0 Å². The van der Waals surface area contributed by atoms with Gasteiger partial charge in [-0.2, -0.15) is 0 Å². The maximum atomic E-state index is 14.5. The fourth-order valence-corrected chi connectivity index (χ4v) is 11.2. The van der Waals surface area contributed by atoms with E-state index in [1.54, 1.807) is 4.90 Å². The van der Waals surface area contributed by atoms with Crippen LogP contribution in [-0.2, 0) is 29.0 Å². The van der Waals surface area contributed by atoms with Gasteiger partial charge in [0.2, 0.25) is 17.6 Å². The maximum absolute atomic E-state index is 14.5. The monoisotopic (exact) mass is 703 g/mol. The van der Waals surface area contributed by atoms with Gasteiger partial charge in [0.05, 0.1) is 22.6 Å². The quantitative estimate of drug-likeness (QED) is 0.169. The predicted octanol–water partition coefficient (Wildman–Crippen LogP) is 3.01. The van der Waals surface area contributed by atoms with Crippen molar-refractivity contribution in [3.05, 3.63) is 12.7 Å². The third kappa shape index (κ3) is 7.86. The molecule has 2 aliphatic heterocycles. The fraction of sp³-hybridized carbons (Fsp3) is 0.806. The molecule has 5 rings (SSSR count). The van der Waals surface area contributed by atoms with Gasteiger partial charge in [-0.25, -0.2) is 13.2 Å². The lowest BCUT2D eigenvalue weighted by molar-refractivity contribution is -0.145. The Labute approximate surface area is 291 Å². The molecule has 0 aromatic rings. The molecule has 6 atom stereocenters. The molecule has 0 radical (unpaired) electrons. The van der Waals surface area contributed by atoms with Crippen molar-refractivity contribution in [2.45, 2.75) is 134 Å². The van der Waals surface area contributed by atoms with E-state index in [9.17, 15) is 32.4 Å². The smallest absolute Gasteiger partial charge is 0.315 e. The lowest BCUT2D eigenvalue weighted by Crippen LogP contribution is -2.65. The van der Waals surface area contributed by atoms with Crippen molar-refractivity contribution in [3.63, 3.8) is 0 Å². The minimum absolute atomic E-state index is 0.0660. The van der Waals surface area contributed by atoms with Crippen LogP contribution in [0.4, 0.5) is 4.79 Å². The third-order valence-electron chi connectivity index (χ3n) is 12.0. The molecule has 13 heteroatoms. The summed E-state index contributed by atoms with van der Waals surface area (Å²) in [5, 5.41) is 10.7. The Morgan fingerprint density at radius 3 is 2.22 bits per heavy atom. The summed E-state index contributed by atoms with van der Waals surface area (Å²) >= 11 is 0. The van der Waals surface area contributed by atoms with Crippen LogP contribution in [0.5, 0.6) is 0 Å². The molecule has 5 amide bonds. The molecule has 2 saturated heterocycles. The molecule has 3 saturated carbocycles. The van der Waals surface area contributed by atoms with E-state index in [1.165, 1.54) is 6.08 Å². The number of amides is 5. The van der Waals surface area contributed by atoms with Gasteiger partial charge < -0.3 is 26.2 Å². The zero-order valence-electron chi connectivity index (χ0n) is 29.9.